The van der Waals surface area contributed by atoms with E-state index in [9.17, 15) is 0 Å². The molecular weight excluding hydrogens is 476 g/mol. The van der Waals surface area contributed by atoms with Gasteiger partial charge in [0.05, 0.1) is 28.8 Å². The van der Waals surface area contributed by atoms with Crippen LogP contribution in [0.5, 0.6) is 5.75 Å². The van der Waals surface area contributed by atoms with Crippen molar-refractivity contribution >= 4 is 27.6 Å². The highest BCUT2D eigenvalue weighted by atomic mass is 16.5. The maximum Gasteiger partial charge on any atom is 0.139 e. The lowest BCUT2D eigenvalue weighted by atomic mass is 9.95. The van der Waals surface area contributed by atoms with Gasteiger partial charge in [-0.3, -0.25) is 4.57 Å². The zero-order valence-electron chi connectivity index (χ0n) is 22.6. The normalized spacial score (nSPS) is 18.0. The Morgan fingerprint density at radius 1 is 0.921 bits per heavy atom. The van der Waals surface area contributed by atoms with E-state index in [0.29, 0.717) is 13.2 Å². The highest BCUT2D eigenvalue weighted by molar-refractivity contribution is 5.92. The van der Waals surface area contributed by atoms with Crippen molar-refractivity contribution in [3.8, 4) is 11.6 Å². The summed E-state index contributed by atoms with van der Waals surface area (Å²) in [5.74, 6) is 2.46. The molecule has 0 saturated carbocycles. The monoisotopic (exact) mass is 514 g/mol. The number of para-hydroxylation sites is 1. The molecule has 0 atom stereocenters. The molecule has 8 heteroatoms. The minimum absolute atomic E-state index is 0.519. The maximum absolute atomic E-state index is 5.76. The molecule has 0 N–H and O–H groups in total. The van der Waals surface area contributed by atoms with Gasteiger partial charge in [-0.15, -0.1) is 0 Å². The number of methoxy groups -OCH3 is 1. The van der Waals surface area contributed by atoms with Crippen molar-refractivity contribution in [1.29, 1.82) is 0 Å². The zero-order valence-corrected chi connectivity index (χ0v) is 22.6. The summed E-state index contributed by atoms with van der Waals surface area (Å²) in [6, 6.07) is 16.8. The number of ether oxygens (including phenoxy) is 2. The minimum Gasteiger partial charge on any atom is -0.491 e. The minimum atomic E-state index is 0.519. The van der Waals surface area contributed by atoms with Crippen LogP contribution in [-0.2, 0) is 4.74 Å². The van der Waals surface area contributed by atoms with Crippen LogP contribution in [-0.4, -0.2) is 97.5 Å². The fourth-order valence-electron chi connectivity index (χ4n) is 5.77. The van der Waals surface area contributed by atoms with Crippen molar-refractivity contribution in [2.24, 2.45) is 5.92 Å². The number of benzene rings is 2. The number of hydrogen-bond donors (Lipinski definition) is 0. The fraction of sp³-hybridized carbons (Fsp3) is 0.467. The number of anilines is 1. The molecule has 2 aliphatic heterocycles. The molecule has 2 saturated heterocycles. The van der Waals surface area contributed by atoms with Crippen LogP contribution < -0.4 is 9.64 Å². The van der Waals surface area contributed by atoms with Crippen molar-refractivity contribution in [1.82, 2.24) is 24.3 Å². The van der Waals surface area contributed by atoms with Gasteiger partial charge in [0.2, 0.25) is 0 Å². The average Bonchev–Trinajstić information content (AvgIpc) is 3.38. The lowest BCUT2D eigenvalue weighted by Gasteiger charge is -2.38. The Balaban J connectivity index is 1.19. The predicted octanol–water partition coefficient (Wildman–Crippen LogP) is 4.06. The number of nitrogens with zero attached hydrogens (tertiary/aromatic N) is 6. The molecule has 0 unspecified atom stereocenters. The van der Waals surface area contributed by atoms with Crippen molar-refractivity contribution < 1.29 is 9.47 Å². The van der Waals surface area contributed by atoms with Gasteiger partial charge in [0.25, 0.3) is 0 Å². The van der Waals surface area contributed by atoms with Crippen LogP contribution >= 0.6 is 0 Å². The van der Waals surface area contributed by atoms with Crippen LogP contribution in [0.15, 0.2) is 54.9 Å². The molecule has 2 fully saturated rings. The lowest BCUT2D eigenvalue weighted by molar-refractivity contribution is 0.129. The van der Waals surface area contributed by atoms with Gasteiger partial charge >= 0.3 is 0 Å². The Morgan fingerprint density at radius 3 is 2.58 bits per heavy atom. The highest BCUT2D eigenvalue weighted by Gasteiger charge is 2.24. The van der Waals surface area contributed by atoms with E-state index < -0.39 is 0 Å². The second-order valence-corrected chi connectivity index (χ2v) is 10.7. The molecule has 0 radical (unpaired) electrons. The second-order valence-electron chi connectivity index (χ2n) is 10.7. The molecule has 4 aromatic rings. The summed E-state index contributed by atoms with van der Waals surface area (Å²) in [5.41, 5.74) is 4.19. The van der Waals surface area contributed by atoms with E-state index in [4.69, 9.17) is 14.5 Å². The first kappa shape index (κ1) is 25.1. The van der Waals surface area contributed by atoms with Crippen LogP contribution in [0.4, 0.5) is 5.69 Å². The molecule has 0 amide bonds. The van der Waals surface area contributed by atoms with Crippen molar-refractivity contribution in [2.45, 2.75) is 12.8 Å². The summed E-state index contributed by atoms with van der Waals surface area (Å²) in [7, 11) is 3.90. The molecule has 0 bridgehead atoms. The van der Waals surface area contributed by atoms with Crippen LogP contribution in [0.2, 0.25) is 0 Å². The smallest absolute Gasteiger partial charge is 0.139 e. The van der Waals surface area contributed by atoms with Gasteiger partial charge in [-0.1, -0.05) is 12.1 Å². The van der Waals surface area contributed by atoms with Gasteiger partial charge < -0.3 is 24.2 Å². The van der Waals surface area contributed by atoms with Crippen LogP contribution in [0.25, 0.3) is 27.8 Å². The third-order valence-electron chi connectivity index (χ3n) is 8.07. The van der Waals surface area contributed by atoms with Crippen molar-refractivity contribution in [2.75, 3.05) is 78.1 Å². The van der Waals surface area contributed by atoms with Crippen LogP contribution in [0, 0.1) is 5.92 Å². The summed E-state index contributed by atoms with van der Waals surface area (Å²) in [6.45, 7) is 9.29. The van der Waals surface area contributed by atoms with Crippen LogP contribution in [0.3, 0.4) is 0 Å². The molecule has 8 nitrogen and oxygen atoms in total. The van der Waals surface area contributed by atoms with E-state index in [0.717, 1.165) is 47.1 Å². The molecule has 2 aliphatic rings. The molecule has 4 heterocycles. The quantitative estimate of drug-likeness (QED) is 0.329. The molecule has 200 valence electrons. The number of piperazine rings is 1. The van der Waals surface area contributed by atoms with E-state index in [1.54, 1.807) is 7.11 Å². The van der Waals surface area contributed by atoms with Gasteiger partial charge in [0.15, 0.2) is 0 Å². The number of pyridine rings is 1. The van der Waals surface area contributed by atoms with E-state index in [-0.39, 0.29) is 0 Å². The molecule has 0 aliphatic carbocycles. The number of imidazole rings is 1. The molecule has 38 heavy (non-hydrogen) atoms. The number of piperidine rings is 1. The number of fused-ring (bicyclic) bond motifs is 2. The van der Waals surface area contributed by atoms with E-state index >= 15 is 0 Å². The Bertz CT molecular complexity index is 1370. The predicted molar refractivity (Wildman–Crippen MR) is 153 cm³/mol. The Morgan fingerprint density at radius 2 is 1.76 bits per heavy atom. The first-order chi connectivity index (χ1) is 18.7. The van der Waals surface area contributed by atoms with E-state index in [1.165, 1.54) is 56.6 Å². The number of hydrogen-bond acceptors (Lipinski definition) is 7. The Kier molecular flexibility index (Phi) is 7.44. The first-order valence-corrected chi connectivity index (χ1v) is 13.8. The fourth-order valence-corrected chi connectivity index (χ4v) is 5.77. The third-order valence-corrected chi connectivity index (χ3v) is 8.07. The summed E-state index contributed by atoms with van der Waals surface area (Å²) >= 11 is 0. The second kappa shape index (κ2) is 11.3. The lowest BCUT2D eigenvalue weighted by Crippen LogP contribution is -2.47. The van der Waals surface area contributed by atoms with Crippen molar-refractivity contribution in [3.05, 3.63) is 54.9 Å². The summed E-state index contributed by atoms with van der Waals surface area (Å²) in [6.07, 6.45) is 4.33. The van der Waals surface area contributed by atoms with Crippen LogP contribution in [0.1, 0.15) is 12.8 Å². The summed E-state index contributed by atoms with van der Waals surface area (Å²) in [5, 5.41) is 1.17. The SMILES string of the molecule is COCCOc1ccc2c(c1)ncn2-c1ccc2cccc(N3CCC(CN4CCN(C)CC4)CC3)c2n1. The van der Waals surface area contributed by atoms with Gasteiger partial charge in [-0.2, -0.15) is 0 Å². The standard InChI is InChI=1S/C30H38N6O2/c1-33-14-16-34(17-15-33)21-23-10-12-35(13-11-23)28-5-3-4-24-6-9-29(32-30(24)28)36-22-31-26-20-25(7-8-27(26)36)38-19-18-37-2/h3-9,20,22-23H,10-19,21H2,1-2H3. The number of aromatic nitrogens is 3. The first-order valence-electron chi connectivity index (χ1n) is 13.8. The maximum atomic E-state index is 5.76. The molecular formula is C30H38N6O2. The molecule has 2 aromatic carbocycles. The van der Waals surface area contributed by atoms with E-state index in [2.05, 4.69) is 61.6 Å². The highest BCUT2D eigenvalue weighted by Crippen LogP contribution is 2.31. The number of likely N-dealkylation sites (N-methyl/N-ethyl adjacent to an activating group) is 1. The average molecular weight is 515 g/mol. The summed E-state index contributed by atoms with van der Waals surface area (Å²) in [4.78, 5) is 17.4. The number of rotatable bonds is 8. The summed E-state index contributed by atoms with van der Waals surface area (Å²) < 4.78 is 12.9. The zero-order chi connectivity index (χ0) is 25.9. The van der Waals surface area contributed by atoms with Crippen molar-refractivity contribution in [3.63, 3.8) is 0 Å². The van der Waals surface area contributed by atoms with E-state index in [1.807, 2.05) is 24.5 Å². The van der Waals surface area contributed by atoms with Gasteiger partial charge in [-0.05, 0) is 56.1 Å². The topological polar surface area (TPSA) is 58.9 Å². The van der Waals surface area contributed by atoms with Gasteiger partial charge in [0.1, 0.15) is 24.5 Å². The molecule has 0 spiro atoms. The molecule has 2 aromatic heterocycles. The van der Waals surface area contributed by atoms with Gasteiger partial charge in [0, 0.05) is 64.4 Å². The largest absolute Gasteiger partial charge is 0.491 e. The Hall–Kier alpha value is -3.20. The van der Waals surface area contributed by atoms with Gasteiger partial charge in [-0.25, -0.2) is 9.97 Å². The Labute approximate surface area is 224 Å². The molecule has 6 rings (SSSR count). The third kappa shape index (κ3) is 5.34.